The molecule has 0 aliphatic carbocycles. The van der Waals surface area contributed by atoms with Gasteiger partial charge in [0.1, 0.15) is 0 Å². The fraction of sp³-hybridized carbons (Fsp3) is 0. The van der Waals surface area contributed by atoms with Gasteiger partial charge in [-0.15, -0.1) is 0 Å². The molecule has 3 heterocycles. The molecule has 0 amide bonds. The molecule has 1 unspecified atom stereocenters. The molecule has 0 fully saturated rings. The normalized spacial score (nSPS) is 17.0. The molecule has 11 rings (SSSR count). The third kappa shape index (κ3) is 2.59. The average molecular weight is 622 g/mol. The molecule has 1 atom stereocenters. The van der Waals surface area contributed by atoms with Gasteiger partial charge < -0.3 is 0 Å². The molecule has 8 aromatic rings. The van der Waals surface area contributed by atoms with Crippen LogP contribution in [0.1, 0.15) is 0 Å². The molecular formula is C40H23GeNO2. The number of nitrogens with zero attached hydrogens (tertiary/aromatic N) is 1. The Kier molecular flexibility index (Phi) is 4.23. The predicted molar refractivity (Wildman–Crippen MR) is 182 cm³/mol. The minimum absolute atomic E-state index is 0.922. The van der Waals surface area contributed by atoms with Crippen molar-refractivity contribution in [3.8, 4) is 23.0 Å². The van der Waals surface area contributed by atoms with Gasteiger partial charge >= 0.3 is 257 Å². The molecule has 8 aromatic carbocycles. The van der Waals surface area contributed by atoms with Crippen molar-refractivity contribution in [1.29, 1.82) is 0 Å². The van der Waals surface area contributed by atoms with Crippen LogP contribution in [0.2, 0.25) is 0 Å². The topological polar surface area (TPSA) is 21.7 Å². The monoisotopic (exact) mass is 623 g/mol. The number of hydrogen-bond donors (Lipinski definition) is 0. The molecule has 0 aromatic heterocycles. The first kappa shape index (κ1) is 23.2. The standard InChI is InChI=1S/C40H23GeNO2/c1-3-12-26(13-4-1)41-36-30-16-8-17-31(36)43-32-18-9-19-33(37(32)41)44-40-29-23-21-25-11-7-10-24-20-22-28(35(29)34(24)25)39(38(40)41)42(30)27-14-5-2-6-15-27/h1-23H. The van der Waals surface area contributed by atoms with Crippen LogP contribution in [-0.2, 0) is 0 Å². The third-order valence-corrected chi connectivity index (χ3v) is 20.3. The van der Waals surface area contributed by atoms with Crippen molar-refractivity contribution in [3.05, 3.63) is 140 Å². The van der Waals surface area contributed by atoms with Gasteiger partial charge in [-0.05, 0) is 0 Å². The Balaban J connectivity index is 1.46. The van der Waals surface area contributed by atoms with Crippen molar-refractivity contribution >= 4 is 80.2 Å². The van der Waals surface area contributed by atoms with Crippen LogP contribution in [0.25, 0.3) is 32.3 Å². The molecule has 4 heteroatoms. The molecular weight excluding hydrogens is 599 g/mol. The average Bonchev–Trinajstić information content (AvgIpc) is 3.08. The van der Waals surface area contributed by atoms with Crippen LogP contribution in [-0.4, -0.2) is 13.3 Å². The summed E-state index contributed by atoms with van der Waals surface area (Å²) in [5.41, 5.74) is 3.58. The fourth-order valence-corrected chi connectivity index (χ4v) is 20.0. The van der Waals surface area contributed by atoms with Crippen molar-refractivity contribution in [2.45, 2.75) is 0 Å². The predicted octanol–water partition coefficient (Wildman–Crippen LogP) is 7.96. The molecule has 0 N–H and O–H groups in total. The van der Waals surface area contributed by atoms with Gasteiger partial charge in [0.15, 0.2) is 0 Å². The van der Waals surface area contributed by atoms with Crippen molar-refractivity contribution in [3.63, 3.8) is 0 Å². The van der Waals surface area contributed by atoms with E-state index in [-0.39, 0.29) is 0 Å². The van der Waals surface area contributed by atoms with E-state index in [0.717, 1.165) is 28.7 Å². The number of hydrogen-bond acceptors (Lipinski definition) is 3. The Labute approximate surface area is 256 Å². The second-order valence-corrected chi connectivity index (χ2v) is 19.5. The molecule has 3 nitrogen and oxygen atoms in total. The third-order valence-electron chi connectivity index (χ3n) is 9.98. The minimum atomic E-state index is -3.74. The molecule has 0 bridgehead atoms. The number of ether oxygens (including phenoxy) is 2. The molecule has 204 valence electrons. The van der Waals surface area contributed by atoms with E-state index >= 15 is 0 Å². The first-order valence-electron chi connectivity index (χ1n) is 15.1. The summed E-state index contributed by atoms with van der Waals surface area (Å²) in [6.45, 7) is 0. The number of fused-ring (bicyclic) bond motifs is 2. The zero-order chi connectivity index (χ0) is 28.6. The Bertz CT molecular complexity index is 2490. The quantitative estimate of drug-likeness (QED) is 0.144. The number of para-hydroxylation sites is 1. The molecule has 3 aliphatic rings. The summed E-state index contributed by atoms with van der Waals surface area (Å²) in [6, 6.07) is 50.9. The Morgan fingerprint density at radius 2 is 1.09 bits per heavy atom. The van der Waals surface area contributed by atoms with Gasteiger partial charge in [0.05, 0.1) is 0 Å². The van der Waals surface area contributed by atoms with Gasteiger partial charge in [0.25, 0.3) is 0 Å². The maximum absolute atomic E-state index is 7.18. The first-order chi connectivity index (χ1) is 21.8. The van der Waals surface area contributed by atoms with Crippen molar-refractivity contribution < 1.29 is 9.47 Å². The van der Waals surface area contributed by atoms with Crippen molar-refractivity contribution in [2.75, 3.05) is 4.90 Å². The molecule has 44 heavy (non-hydrogen) atoms. The summed E-state index contributed by atoms with van der Waals surface area (Å²) >= 11 is -3.74. The molecule has 0 saturated carbocycles. The van der Waals surface area contributed by atoms with Gasteiger partial charge in [0, 0.05) is 0 Å². The van der Waals surface area contributed by atoms with E-state index in [1.54, 1.807) is 0 Å². The summed E-state index contributed by atoms with van der Waals surface area (Å²) in [5.74, 6) is 3.81. The summed E-state index contributed by atoms with van der Waals surface area (Å²) < 4.78 is 19.3. The van der Waals surface area contributed by atoms with E-state index in [1.165, 1.54) is 61.3 Å². The van der Waals surface area contributed by atoms with Crippen LogP contribution in [0.3, 0.4) is 0 Å². The second kappa shape index (κ2) is 8.01. The maximum atomic E-state index is 7.18. The summed E-state index contributed by atoms with van der Waals surface area (Å²) in [4.78, 5) is 2.49. The van der Waals surface area contributed by atoms with Gasteiger partial charge in [-0.3, -0.25) is 0 Å². The van der Waals surface area contributed by atoms with Crippen LogP contribution in [0.4, 0.5) is 17.1 Å². The summed E-state index contributed by atoms with van der Waals surface area (Å²) in [6.07, 6.45) is 0. The number of benzene rings is 8. The van der Waals surface area contributed by atoms with Crippen molar-refractivity contribution in [2.24, 2.45) is 0 Å². The Morgan fingerprint density at radius 1 is 0.455 bits per heavy atom. The summed E-state index contributed by atoms with van der Waals surface area (Å²) in [7, 11) is 0. The Morgan fingerprint density at radius 3 is 1.86 bits per heavy atom. The Hall–Kier alpha value is -5.26. The van der Waals surface area contributed by atoms with E-state index in [4.69, 9.17) is 9.47 Å². The van der Waals surface area contributed by atoms with E-state index in [9.17, 15) is 0 Å². The second-order valence-electron chi connectivity index (χ2n) is 12.0. The molecule has 0 radical (unpaired) electrons. The molecule has 0 spiro atoms. The van der Waals surface area contributed by atoms with E-state index in [1.807, 2.05) is 0 Å². The zero-order valence-electron chi connectivity index (χ0n) is 23.5. The van der Waals surface area contributed by atoms with E-state index in [0.29, 0.717) is 0 Å². The van der Waals surface area contributed by atoms with Gasteiger partial charge in [0.2, 0.25) is 0 Å². The van der Waals surface area contributed by atoms with Crippen LogP contribution >= 0.6 is 0 Å². The number of rotatable bonds is 2. The number of anilines is 3. The van der Waals surface area contributed by atoms with E-state index < -0.39 is 13.3 Å². The van der Waals surface area contributed by atoms with Gasteiger partial charge in [-0.25, -0.2) is 0 Å². The molecule has 0 saturated heterocycles. The first-order valence-corrected chi connectivity index (χ1v) is 19.3. The summed E-state index contributed by atoms with van der Waals surface area (Å²) in [5, 5.41) is 7.51. The van der Waals surface area contributed by atoms with Gasteiger partial charge in [-0.1, -0.05) is 0 Å². The van der Waals surface area contributed by atoms with Crippen LogP contribution in [0, 0.1) is 0 Å². The SMILES string of the molecule is c1ccc(N2c3cccc4[c]3[Ge]3([c]5ccccc5)[c]5c(cccc5Oc5[c]3c2c2ccc3cccc6ccc5c2c63)O4)cc1. The van der Waals surface area contributed by atoms with E-state index in [2.05, 4.69) is 144 Å². The zero-order valence-corrected chi connectivity index (χ0v) is 25.6. The van der Waals surface area contributed by atoms with Crippen LogP contribution in [0.5, 0.6) is 23.0 Å². The van der Waals surface area contributed by atoms with Crippen LogP contribution in [0.15, 0.2) is 140 Å². The van der Waals surface area contributed by atoms with Gasteiger partial charge in [-0.2, -0.15) is 0 Å². The fourth-order valence-electron chi connectivity index (χ4n) is 8.44. The van der Waals surface area contributed by atoms with Crippen molar-refractivity contribution in [1.82, 2.24) is 0 Å². The van der Waals surface area contributed by atoms with Crippen LogP contribution < -0.4 is 32.0 Å². The molecule has 3 aliphatic heterocycles.